The van der Waals surface area contributed by atoms with Crippen LogP contribution in [-0.4, -0.2) is 63.1 Å². The molecule has 0 aromatic heterocycles. The topological polar surface area (TPSA) is 89.5 Å². The molecule has 2 fully saturated rings. The maximum atomic E-state index is 5.70. The van der Waals surface area contributed by atoms with Crippen LogP contribution in [0.25, 0.3) is 0 Å². The fourth-order valence-corrected chi connectivity index (χ4v) is 1.60. The number of hydrogen-bond acceptors (Lipinski definition) is 8. The Labute approximate surface area is 117 Å². The van der Waals surface area contributed by atoms with Gasteiger partial charge >= 0.3 is 6.03 Å². The number of amidine groups is 1. The first-order chi connectivity index (χ1) is 9.65. The predicted molar refractivity (Wildman–Crippen MR) is 69.4 cm³/mol. The van der Waals surface area contributed by atoms with Crippen molar-refractivity contribution in [2.75, 3.05) is 26.4 Å². The van der Waals surface area contributed by atoms with Crippen molar-refractivity contribution >= 4 is 12.4 Å². The van der Waals surface area contributed by atoms with Crippen molar-refractivity contribution in [3.63, 3.8) is 0 Å². The molecule has 3 unspecified atom stereocenters. The number of rotatable bonds is 7. The molecule has 0 aromatic rings. The minimum Gasteiger partial charge on any atom is -0.462 e. The van der Waals surface area contributed by atoms with Crippen molar-refractivity contribution in [1.29, 1.82) is 0 Å². The van der Waals surface area contributed by atoms with Crippen LogP contribution in [0.4, 0.5) is 0 Å². The summed E-state index contributed by atoms with van der Waals surface area (Å²) in [6.45, 7) is 6.04. The third-order valence-corrected chi connectivity index (χ3v) is 2.72. The zero-order valence-electron chi connectivity index (χ0n) is 11.6. The average Bonchev–Trinajstić information content (AvgIpc) is 3.27. The van der Waals surface area contributed by atoms with Gasteiger partial charge in [-0.3, -0.25) is 0 Å². The van der Waals surface area contributed by atoms with E-state index in [4.69, 9.17) is 23.7 Å². The summed E-state index contributed by atoms with van der Waals surface area (Å²) in [7, 11) is 0. The van der Waals surface area contributed by atoms with Crippen LogP contribution in [0.3, 0.4) is 0 Å². The van der Waals surface area contributed by atoms with Crippen LogP contribution < -0.4 is 5.32 Å². The highest BCUT2D eigenvalue weighted by Gasteiger charge is 2.39. The van der Waals surface area contributed by atoms with E-state index in [2.05, 4.69) is 15.3 Å². The van der Waals surface area contributed by atoms with E-state index in [1.54, 1.807) is 0 Å². The maximum Gasteiger partial charge on any atom is 0.385 e. The van der Waals surface area contributed by atoms with Crippen molar-refractivity contribution in [1.82, 2.24) is 5.32 Å². The molecular formula is C12H19N3O5. The van der Waals surface area contributed by atoms with Crippen molar-refractivity contribution in [2.24, 2.45) is 9.98 Å². The smallest absolute Gasteiger partial charge is 0.385 e. The second kappa shape index (κ2) is 5.65. The molecule has 0 aliphatic carbocycles. The summed E-state index contributed by atoms with van der Waals surface area (Å²) in [6.07, 6.45) is 1.63. The van der Waals surface area contributed by atoms with Crippen LogP contribution in [0.1, 0.15) is 13.8 Å². The number of nitrogens with one attached hydrogen (secondary N) is 1. The van der Waals surface area contributed by atoms with Crippen LogP contribution >= 0.6 is 0 Å². The van der Waals surface area contributed by atoms with E-state index in [0.717, 1.165) is 6.61 Å². The Bertz CT molecular complexity index is 406. The van der Waals surface area contributed by atoms with E-state index in [1.165, 1.54) is 6.34 Å². The minimum atomic E-state index is -1.40. The molecule has 0 bridgehead atoms. The summed E-state index contributed by atoms with van der Waals surface area (Å²) in [4.78, 5) is 8.44. The Morgan fingerprint density at radius 3 is 2.70 bits per heavy atom. The van der Waals surface area contributed by atoms with Crippen LogP contribution in [0.5, 0.6) is 0 Å². The Morgan fingerprint density at radius 1 is 1.35 bits per heavy atom. The summed E-state index contributed by atoms with van der Waals surface area (Å²) in [6, 6.07) is -1.08. The number of hydrogen-bond donors (Lipinski definition) is 1. The highest BCUT2D eigenvalue weighted by molar-refractivity contribution is 5.87. The van der Waals surface area contributed by atoms with Gasteiger partial charge in [0, 0.05) is 0 Å². The molecule has 0 amide bonds. The molecule has 20 heavy (non-hydrogen) atoms. The predicted octanol–water partition coefficient (Wildman–Crippen LogP) is -0.159. The molecule has 3 rings (SSSR count). The average molecular weight is 285 g/mol. The van der Waals surface area contributed by atoms with E-state index in [0.29, 0.717) is 25.8 Å². The Hall–Kier alpha value is -1.22. The van der Waals surface area contributed by atoms with Gasteiger partial charge < -0.3 is 29.0 Å². The molecule has 0 spiro atoms. The molecule has 8 heteroatoms. The lowest BCUT2D eigenvalue weighted by atomic mass is 10.5. The van der Waals surface area contributed by atoms with Crippen LogP contribution in [0.15, 0.2) is 9.98 Å². The second-order valence-electron chi connectivity index (χ2n) is 5.07. The van der Waals surface area contributed by atoms with Gasteiger partial charge in [-0.05, 0) is 13.8 Å². The molecule has 2 saturated heterocycles. The fraction of sp³-hybridized carbons (Fsp3) is 0.833. The van der Waals surface area contributed by atoms with Crippen molar-refractivity contribution in [2.45, 2.75) is 38.2 Å². The molecule has 112 valence electrons. The molecule has 8 nitrogen and oxygen atoms in total. The quantitative estimate of drug-likeness (QED) is 0.516. The molecule has 0 radical (unpaired) electrons. The van der Waals surface area contributed by atoms with Crippen LogP contribution in [0, 0.1) is 0 Å². The molecule has 3 atom stereocenters. The van der Waals surface area contributed by atoms with Crippen LogP contribution in [0.2, 0.25) is 0 Å². The highest BCUT2D eigenvalue weighted by atomic mass is 16.7. The molecule has 3 aliphatic heterocycles. The zero-order valence-corrected chi connectivity index (χ0v) is 11.6. The van der Waals surface area contributed by atoms with Crippen molar-refractivity contribution in [3.05, 3.63) is 0 Å². The van der Waals surface area contributed by atoms with Gasteiger partial charge in [-0.25, -0.2) is 0 Å². The molecule has 1 N–H and O–H groups in total. The van der Waals surface area contributed by atoms with E-state index in [-0.39, 0.29) is 18.3 Å². The summed E-state index contributed by atoms with van der Waals surface area (Å²) in [5.41, 5.74) is 0. The Balaban J connectivity index is 1.63. The van der Waals surface area contributed by atoms with Gasteiger partial charge in [0.2, 0.25) is 0 Å². The van der Waals surface area contributed by atoms with Gasteiger partial charge in [0.15, 0.2) is 0 Å². The van der Waals surface area contributed by atoms with E-state index >= 15 is 0 Å². The van der Waals surface area contributed by atoms with Gasteiger partial charge in [0.05, 0.1) is 32.3 Å². The third kappa shape index (κ3) is 3.89. The molecular weight excluding hydrogens is 266 g/mol. The van der Waals surface area contributed by atoms with E-state index < -0.39 is 6.03 Å². The first-order valence-electron chi connectivity index (χ1n) is 6.73. The number of ether oxygens (including phenoxy) is 5. The first-order valence-corrected chi connectivity index (χ1v) is 6.73. The Kier molecular flexibility index (Phi) is 3.88. The van der Waals surface area contributed by atoms with Gasteiger partial charge in [0.25, 0.3) is 6.02 Å². The van der Waals surface area contributed by atoms with E-state index in [1.807, 2.05) is 13.8 Å². The van der Waals surface area contributed by atoms with Gasteiger partial charge in [-0.1, -0.05) is 0 Å². The maximum absolute atomic E-state index is 5.70. The minimum absolute atomic E-state index is 0.0952. The van der Waals surface area contributed by atoms with Crippen molar-refractivity contribution in [3.8, 4) is 0 Å². The summed E-state index contributed by atoms with van der Waals surface area (Å²) < 4.78 is 27.1. The molecule has 3 heterocycles. The number of nitrogens with zero attached hydrogens (tertiary/aromatic N) is 2. The largest absolute Gasteiger partial charge is 0.462 e. The summed E-state index contributed by atoms with van der Waals surface area (Å²) in [5.74, 6) is 0. The lowest BCUT2D eigenvalue weighted by Gasteiger charge is -2.29. The van der Waals surface area contributed by atoms with Crippen molar-refractivity contribution < 1.29 is 23.7 Å². The SMILES string of the molecule is CC(C)OC1(OCC2CO2)N=CNC(OCC2CO2)=N1. The molecule has 0 saturated carbocycles. The normalized spacial score (nSPS) is 34.6. The number of epoxide rings is 2. The molecule has 3 aliphatic rings. The molecule has 0 aromatic carbocycles. The zero-order chi connectivity index (χ0) is 14.0. The first kappa shape index (κ1) is 13.7. The number of aliphatic imine (C=N–C) groups is 2. The highest BCUT2D eigenvalue weighted by Crippen LogP contribution is 2.24. The van der Waals surface area contributed by atoms with E-state index in [9.17, 15) is 0 Å². The lowest BCUT2D eigenvalue weighted by Crippen LogP contribution is -2.44. The Morgan fingerprint density at radius 2 is 2.05 bits per heavy atom. The van der Waals surface area contributed by atoms with Crippen LogP contribution in [-0.2, 0) is 23.7 Å². The monoisotopic (exact) mass is 285 g/mol. The van der Waals surface area contributed by atoms with Gasteiger partial charge in [-0.2, -0.15) is 4.99 Å². The second-order valence-corrected chi connectivity index (χ2v) is 5.07. The van der Waals surface area contributed by atoms with Gasteiger partial charge in [0.1, 0.15) is 18.8 Å². The standard InChI is InChI=1S/C12H19N3O5/c1-8(2)20-12(19-6-10-4-17-10)14-7-13-11(15-12)18-5-9-3-16-9/h7-10H,3-6H2,1-2H3,(H,13,14,15). The summed E-state index contributed by atoms with van der Waals surface area (Å²) in [5, 5.41) is 2.82. The fourth-order valence-electron chi connectivity index (χ4n) is 1.60. The summed E-state index contributed by atoms with van der Waals surface area (Å²) >= 11 is 0. The third-order valence-electron chi connectivity index (χ3n) is 2.72. The lowest BCUT2D eigenvalue weighted by molar-refractivity contribution is -0.245. The van der Waals surface area contributed by atoms with Gasteiger partial charge in [-0.15, -0.1) is 4.99 Å².